The lowest BCUT2D eigenvalue weighted by Crippen LogP contribution is -2.46. The summed E-state index contributed by atoms with van der Waals surface area (Å²) in [6.07, 6.45) is 0. The van der Waals surface area contributed by atoms with Gasteiger partial charge in [-0.25, -0.2) is 4.98 Å². The van der Waals surface area contributed by atoms with E-state index in [1.807, 2.05) is 0 Å². The standard InChI is InChI=1S/C19H21N3S/c1-14-7-8-16(13-15(14)2)21-9-11-22(12-10-21)19-20-17-5-3-4-6-18(17)23-19/h3-8,13H,9-12H2,1-2H3. The molecule has 1 aliphatic heterocycles. The van der Waals surface area contributed by atoms with E-state index in [-0.39, 0.29) is 0 Å². The molecule has 1 aromatic heterocycles. The summed E-state index contributed by atoms with van der Waals surface area (Å²) >= 11 is 1.80. The summed E-state index contributed by atoms with van der Waals surface area (Å²) in [7, 11) is 0. The van der Waals surface area contributed by atoms with Gasteiger partial charge in [0, 0.05) is 31.9 Å². The first kappa shape index (κ1) is 14.5. The normalized spacial score (nSPS) is 15.4. The van der Waals surface area contributed by atoms with Gasteiger partial charge in [-0.3, -0.25) is 0 Å². The highest BCUT2D eigenvalue weighted by Crippen LogP contribution is 2.30. The van der Waals surface area contributed by atoms with Crippen molar-refractivity contribution in [3.05, 3.63) is 53.6 Å². The molecule has 23 heavy (non-hydrogen) atoms. The van der Waals surface area contributed by atoms with Crippen molar-refractivity contribution in [1.29, 1.82) is 0 Å². The molecule has 3 nitrogen and oxygen atoms in total. The molecule has 1 aliphatic rings. The zero-order chi connectivity index (χ0) is 15.8. The molecule has 0 N–H and O–H groups in total. The lowest BCUT2D eigenvalue weighted by molar-refractivity contribution is 0.652. The van der Waals surface area contributed by atoms with E-state index >= 15 is 0 Å². The zero-order valence-electron chi connectivity index (χ0n) is 13.6. The van der Waals surface area contributed by atoms with Crippen molar-refractivity contribution in [3.8, 4) is 0 Å². The zero-order valence-corrected chi connectivity index (χ0v) is 14.4. The van der Waals surface area contributed by atoms with Gasteiger partial charge in [-0.1, -0.05) is 29.5 Å². The smallest absolute Gasteiger partial charge is 0.186 e. The van der Waals surface area contributed by atoms with Crippen molar-refractivity contribution < 1.29 is 0 Å². The molecule has 118 valence electrons. The van der Waals surface area contributed by atoms with Gasteiger partial charge in [0.1, 0.15) is 0 Å². The van der Waals surface area contributed by atoms with Gasteiger partial charge >= 0.3 is 0 Å². The number of fused-ring (bicyclic) bond motifs is 1. The minimum Gasteiger partial charge on any atom is -0.368 e. The summed E-state index contributed by atoms with van der Waals surface area (Å²) in [5.74, 6) is 0. The molecule has 0 atom stereocenters. The fraction of sp³-hybridized carbons (Fsp3) is 0.316. The van der Waals surface area contributed by atoms with E-state index in [1.54, 1.807) is 11.3 Å². The number of aromatic nitrogens is 1. The monoisotopic (exact) mass is 323 g/mol. The molecule has 0 bridgehead atoms. The molecule has 3 aromatic rings. The third-order valence-corrected chi connectivity index (χ3v) is 5.79. The van der Waals surface area contributed by atoms with Crippen molar-refractivity contribution >= 4 is 32.4 Å². The van der Waals surface area contributed by atoms with E-state index in [1.165, 1.54) is 21.5 Å². The average Bonchev–Trinajstić information content (AvgIpc) is 3.02. The minimum atomic E-state index is 1.03. The number of anilines is 2. The maximum absolute atomic E-state index is 4.79. The van der Waals surface area contributed by atoms with Crippen LogP contribution in [0.4, 0.5) is 10.8 Å². The fourth-order valence-electron chi connectivity index (χ4n) is 3.07. The van der Waals surface area contributed by atoms with Crippen LogP contribution in [0.15, 0.2) is 42.5 Å². The number of aryl methyl sites for hydroxylation is 2. The maximum atomic E-state index is 4.79. The van der Waals surface area contributed by atoms with Gasteiger partial charge < -0.3 is 9.80 Å². The number of nitrogens with zero attached hydrogens (tertiary/aromatic N) is 3. The Morgan fingerprint density at radius 3 is 2.35 bits per heavy atom. The van der Waals surface area contributed by atoms with Crippen LogP contribution in [0.25, 0.3) is 10.2 Å². The molecule has 0 spiro atoms. The Kier molecular flexibility index (Phi) is 3.69. The Bertz CT molecular complexity index is 799. The van der Waals surface area contributed by atoms with Crippen LogP contribution in [-0.4, -0.2) is 31.2 Å². The highest BCUT2D eigenvalue weighted by atomic mass is 32.1. The first-order valence-corrected chi connectivity index (χ1v) is 8.95. The molecular formula is C19H21N3S. The molecule has 2 heterocycles. The summed E-state index contributed by atoms with van der Waals surface area (Å²) in [4.78, 5) is 9.69. The lowest BCUT2D eigenvalue weighted by Gasteiger charge is -2.36. The van der Waals surface area contributed by atoms with Gasteiger partial charge in [0.05, 0.1) is 10.2 Å². The second-order valence-corrected chi connectivity index (χ2v) is 7.22. The van der Waals surface area contributed by atoms with E-state index in [0.717, 1.165) is 36.8 Å². The number of rotatable bonds is 2. The van der Waals surface area contributed by atoms with Crippen LogP contribution < -0.4 is 9.80 Å². The number of hydrogen-bond donors (Lipinski definition) is 0. The van der Waals surface area contributed by atoms with Crippen molar-refractivity contribution in [1.82, 2.24) is 4.98 Å². The van der Waals surface area contributed by atoms with Crippen molar-refractivity contribution in [2.24, 2.45) is 0 Å². The van der Waals surface area contributed by atoms with Crippen LogP contribution in [0.3, 0.4) is 0 Å². The SMILES string of the molecule is Cc1ccc(N2CCN(c3nc4ccccc4s3)CC2)cc1C. The van der Waals surface area contributed by atoms with Gasteiger partial charge in [0.25, 0.3) is 0 Å². The molecule has 0 unspecified atom stereocenters. The molecule has 4 heteroatoms. The number of benzene rings is 2. The Labute approximate surface area is 141 Å². The van der Waals surface area contributed by atoms with E-state index in [9.17, 15) is 0 Å². The predicted molar refractivity (Wildman–Crippen MR) is 100.0 cm³/mol. The third-order valence-electron chi connectivity index (χ3n) is 4.69. The number of thiazole rings is 1. The van der Waals surface area contributed by atoms with Crippen LogP contribution in [0.1, 0.15) is 11.1 Å². The molecule has 2 aromatic carbocycles. The van der Waals surface area contributed by atoms with Crippen molar-refractivity contribution in [2.45, 2.75) is 13.8 Å². The Morgan fingerprint density at radius 2 is 1.61 bits per heavy atom. The van der Waals surface area contributed by atoms with Gasteiger partial charge in [-0.15, -0.1) is 0 Å². The van der Waals surface area contributed by atoms with Gasteiger partial charge in [0.2, 0.25) is 0 Å². The Hall–Kier alpha value is -2.07. The third kappa shape index (κ3) is 2.79. The number of piperazine rings is 1. The van der Waals surface area contributed by atoms with Gasteiger partial charge in [-0.2, -0.15) is 0 Å². The van der Waals surface area contributed by atoms with E-state index in [0.29, 0.717) is 0 Å². The van der Waals surface area contributed by atoms with Gasteiger partial charge in [0.15, 0.2) is 5.13 Å². The van der Waals surface area contributed by atoms with Crippen LogP contribution in [-0.2, 0) is 0 Å². The quantitative estimate of drug-likeness (QED) is 0.703. The summed E-state index contributed by atoms with van der Waals surface area (Å²) < 4.78 is 1.28. The molecular weight excluding hydrogens is 302 g/mol. The lowest BCUT2D eigenvalue weighted by atomic mass is 10.1. The fourth-order valence-corrected chi connectivity index (χ4v) is 4.09. The first-order valence-electron chi connectivity index (χ1n) is 8.13. The van der Waals surface area contributed by atoms with Crippen molar-refractivity contribution in [3.63, 3.8) is 0 Å². The second kappa shape index (κ2) is 5.85. The van der Waals surface area contributed by atoms with Crippen LogP contribution in [0.5, 0.6) is 0 Å². The summed E-state index contributed by atoms with van der Waals surface area (Å²) in [5, 5.41) is 1.16. The van der Waals surface area contributed by atoms with Crippen LogP contribution in [0, 0.1) is 13.8 Å². The summed E-state index contributed by atoms with van der Waals surface area (Å²) in [6, 6.07) is 15.2. The van der Waals surface area contributed by atoms with E-state index < -0.39 is 0 Å². The molecule has 4 rings (SSSR count). The summed E-state index contributed by atoms with van der Waals surface area (Å²) in [5.41, 5.74) is 5.19. The number of para-hydroxylation sites is 1. The molecule has 1 fully saturated rings. The molecule has 0 saturated carbocycles. The summed E-state index contributed by atoms with van der Waals surface area (Å²) in [6.45, 7) is 8.54. The largest absolute Gasteiger partial charge is 0.368 e. The molecule has 0 radical (unpaired) electrons. The predicted octanol–water partition coefficient (Wildman–Crippen LogP) is 4.24. The topological polar surface area (TPSA) is 19.4 Å². The van der Waals surface area contributed by atoms with Crippen LogP contribution >= 0.6 is 11.3 Å². The minimum absolute atomic E-state index is 1.03. The highest BCUT2D eigenvalue weighted by molar-refractivity contribution is 7.22. The second-order valence-electron chi connectivity index (χ2n) is 6.21. The van der Waals surface area contributed by atoms with Gasteiger partial charge in [-0.05, 0) is 49.2 Å². The molecule has 0 aliphatic carbocycles. The average molecular weight is 323 g/mol. The van der Waals surface area contributed by atoms with E-state index in [4.69, 9.17) is 4.98 Å². The highest BCUT2D eigenvalue weighted by Gasteiger charge is 2.20. The Morgan fingerprint density at radius 1 is 0.870 bits per heavy atom. The molecule has 1 saturated heterocycles. The maximum Gasteiger partial charge on any atom is 0.186 e. The number of hydrogen-bond acceptors (Lipinski definition) is 4. The first-order chi connectivity index (χ1) is 11.2. The van der Waals surface area contributed by atoms with Crippen LogP contribution in [0.2, 0.25) is 0 Å². The Balaban J connectivity index is 1.49. The molecule has 0 amide bonds. The van der Waals surface area contributed by atoms with E-state index in [2.05, 4.69) is 66.1 Å². The van der Waals surface area contributed by atoms with Crippen molar-refractivity contribution in [2.75, 3.05) is 36.0 Å².